The molecule has 5 nitrogen and oxygen atoms in total. The summed E-state index contributed by atoms with van der Waals surface area (Å²) in [5.41, 5.74) is -0.156. The number of carboxylic acids is 1. The third-order valence-electron chi connectivity index (χ3n) is 5.12. The fraction of sp³-hybridized carbons (Fsp3) is 0.812. The van der Waals surface area contributed by atoms with Gasteiger partial charge in [-0.1, -0.05) is 33.6 Å². The minimum absolute atomic E-state index is 0.0246. The van der Waals surface area contributed by atoms with Gasteiger partial charge in [0.1, 0.15) is 0 Å². The van der Waals surface area contributed by atoms with Crippen molar-refractivity contribution < 1.29 is 19.5 Å². The van der Waals surface area contributed by atoms with Gasteiger partial charge in [0, 0.05) is 13.0 Å². The smallest absolute Gasteiger partial charge is 0.303 e. The van der Waals surface area contributed by atoms with Gasteiger partial charge < -0.3 is 5.11 Å². The zero-order chi connectivity index (χ0) is 15.8. The molecule has 5 heteroatoms. The third-order valence-corrected chi connectivity index (χ3v) is 5.12. The largest absolute Gasteiger partial charge is 0.481 e. The Hall–Kier alpha value is -1.39. The van der Waals surface area contributed by atoms with Gasteiger partial charge in [0.25, 0.3) is 0 Å². The van der Waals surface area contributed by atoms with Gasteiger partial charge in [0.15, 0.2) is 0 Å². The van der Waals surface area contributed by atoms with Gasteiger partial charge >= 0.3 is 5.97 Å². The number of rotatable bonds is 8. The average Bonchev–Trinajstić information content (AvgIpc) is 2.86. The van der Waals surface area contributed by atoms with Gasteiger partial charge in [-0.05, 0) is 24.2 Å². The Bertz CT molecular complexity index is 433. The zero-order valence-corrected chi connectivity index (χ0v) is 13.1. The number of fused-ring (bicyclic) bond motifs is 1. The topological polar surface area (TPSA) is 74.7 Å². The molecule has 1 saturated heterocycles. The molecule has 0 aromatic heterocycles. The minimum atomic E-state index is -0.785. The summed E-state index contributed by atoms with van der Waals surface area (Å²) in [7, 11) is 0. The van der Waals surface area contributed by atoms with Crippen molar-refractivity contribution in [2.45, 2.75) is 52.9 Å². The van der Waals surface area contributed by atoms with Crippen molar-refractivity contribution >= 4 is 17.8 Å². The van der Waals surface area contributed by atoms with E-state index in [2.05, 4.69) is 6.92 Å². The molecule has 3 unspecified atom stereocenters. The van der Waals surface area contributed by atoms with Crippen LogP contribution in [-0.4, -0.2) is 34.3 Å². The Labute approximate surface area is 125 Å². The Morgan fingerprint density at radius 2 is 1.76 bits per heavy atom. The van der Waals surface area contributed by atoms with Crippen LogP contribution in [0.5, 0.6) is 0 Å². The van der Waals surface area contributed by atoms with Crippen molar-refractivity contribution in [1.82, 2.24) is 4.90 Å². The number of hydrogen-bond acceptors (Lipinski definition) is 3. The van der Waals surface area contributed by atoms with E-state index in [-0.39, 0.29) is 41.4 Å². The molecule has 3 atom stereocenters. The fourth-order valence-electron chi connectivity index (χ4n) is 3.70. The summed E-state index contributed by atoms with van der Waals surface area (Å²) in [6, 6.07) is 0. The predicted octanol–water partition coefficient (Wildman–Crippen LogP) is 2.30. The summed E-state index contributed by atoms with van der Waals surface area (Å²) in [6.45, 7) is 6.47. The summed E-state index contributed by atoms with van der Waals surface area (Å²) in [5, 5.41) is 8.77. The first-order chi connectivity index (χ1) is 9.80. The lowest BCUT2D eigenvalue weighted by Gasteiger charge is -2.23. The fourth-order valence-corrected chi connectivity index (χ4v) is 3.70. The lowest BCUT2D eigenvalue weighted by Crippen LogP contribution is -2.37. The van der Waals surface area contributed by atoms with E-state index in [0.29, 0.717) is 13.0 Å². The number of likely N-dealkylation sites (tertiary alicyclic amines) is 1. The van der Waals surface area contributed by atoms with Crippen molar-refractivity contribution in [3.05, 3.63) is 0 Å². The molecular weight excluding hydrogens is 270 g/mol. The lowest BCUT2D eigenvalue weighted by molar-refractivity contribution is -0.143. The quantitative estimate of drug-likeness (QED) is 0.697. The van der Waals surface area contributed by atoms with E-state index in [9.17, 15) is 14.4 Å². The molecule has 2 aliphatic rings. The maximum atomic E-state index is 12.2. The molecule has 1 N–H and O–H groups in total. The highest BCUT2D eigenvalue weighted by Crippen LogP contribution is 2.63. The normalized spacial score (nSPS) is 27.7. The van der Waals surface area contributed by atoms with Crippen LogP contribution in [0.25, 0.3) is 0 Å². The van der Waals surface area contributed by atoms with Crippen molar-refractivity contribution in [1.29, 1.82) is 0 Å². The molecule has 0 radical (unpaired) electrons. The second-order valence-corrected chi connectivity index (χ2v) is 6.98. The van der Waals surface area contributed by atoms with Crippen molar-refractivity contribution in [2.24, 2.45) is 23.2 Å². The highest BCUT2D eigenvalue weighted by molar-refractivity contribution is 6.10. The van der Waals surface area contributed by atoms with Crippen molar-refractivity contribution in [3.63, 3.8) is 0 Å². The SMILES string of the molecule is CCCC(CCC(=O)O)CCN1C(=O)C2C(C1=O)C2(C)C. The molecular formula is C16H25NO4. The van der Waals surface area contributed by atoms with Crippen LogP contribution >= 0.6 is 0 Å². The van der Waals surface area contributed by atoms with E-state index in [0.717, 1.165) is 19.3 Å². The number of hydrogen-bond donors (Lipinski definition) is 1. The van der Waals surface area contributed by atoms with Crippen LogP contribution in [0.3, 0.4) is 0 Å². The first-order valence-corrected chi connectivity index (χ1v) is 7.87. The van der Waals surface area contributed by atoms with E-state index < -0.39 is 5.97 Å². The summed E-state index contributed by atoms with van der Waals surface area (Å²) in [5.74, 6) is -0.793. The van der Waals surface area contributed by atoms with Crippen LogP contribution in [0.1, 0.15) is 52.9 Å². The number of aliphatic carboxylic acids is 1. The van der Waals surface area contributed by atoms with Gasteiger partial charge in [-0.2, -0.15) is 0 Å². The van der Waals surface area contributed by atoms with Gasteiger partial charge in [-0.15, -0.1) is 0 Å². The second kappa shape index (κ2) is 5.78. The van der Waals surface area contributed by atoms with Gasteiger partial charge in [-0.25, -0.2) is 0 Å². The number of carbonyl (C=O) groups excluding carboxylic acids is 2. The van der Waals surface area contributed by atoms with Crippen LogP contribution in [-0.2, 0) is 14.4 Å². The van der Waals surface area contributed by atoms with E-state index >= 15 is 0 Å². The molecule has 21 heavy (non-hydrogen) atoms. The lowest BCUT2D eigenvalue weighted by atomic mass is 9.94. The standard InChI is InChI=1S/C16H25NO4/c1-4-5-10(6-7-11(18)19)8-9-17-14(20)12-13(15(17)21)16(12,2)3/h10,12-13H,4-9H2,1-3H3,(H,18,19). The molecule has 1 saturated carbocycles. The molecule has 2 rings (SSSR count). The molecule has 1 aliphatic carbocycles. The molecule has 2 fully saturated rings. The summed E-state index contributed by atoms with van der Waals surface area (Å²) < 4.78 is 0. The number of carbonyl (C=O) groups is 3. The molecule has 118 valence electrons. The maximum Gasteiger partial charge on any atom is 0.303 e. The van der Waals surface area contributed by atoms with Crippen LogP contribution in [0.2, 0.25) is 0 Å². The molecule has 0 aromatic rings. The highest BCUT2D eigenvalue weighted by atomic mass is 16.4. The summed E-state index contributed by atoms with van der Waals surface area (Å²) in [4.78, 5) is 36.5. The summed E-state index contributed by atoms with van der Waals surface area (Å²) in [6.07, 6.45) is 3.44. The maximum absolute atomic E-state index is 12.2. The molecule has 0 bridgehead atoms. The van der Waals surface area contributed by atoms with Gasteiger partial charge in [-0.3, -0.25) is 19.3 Å². The first-order valence-electron chi connectivity index (χ1n) is 7.87. The highest BCUT2D eigenvalue weighted by Gasteiger charge is 2.72. The Morgan fingerprint density at radius 3 is 2.24 bits per heavy atom. The van der Waals surface area contributed by atoms with Crippen molar-refractivity contribution in [2.75, 3.05) is 6.54 Å². The van der Waals surface area contributed by atoms with Crippen LogP contribution in [0.15, 0.2) is 0 Å². The number of piperidine rings is 1. The molecule has 0 spiro atoms. The Kier molecular flexibility index (Phi) is 4.40. The van der Waals surface area contributed by atoms with Gasteiger partial charge in [0.2, 0.25) is 11.8 Å². The Balaban J connectivity index is 1.86. The van der Waals surface area contributed by atoms with Gasteiger partial charge in [0.05, 0.1) is 11.8 Å². The average molecular weight is 295 g/mol. The minimum Gasteiger partial charge on any atom is -0.481 e. The van der Waals surface area contributed by atoms with Crippen LogP contribution in [0.4, 0.5) is 0 Å². The molecule has 1 heterocycles. The predicted molar refractivity (Wildman–Crippen MR) is 77.4 cm³/mol. The Morgan fingerprint density at radius 1 is 1.19 bits per heavy atom. The van der Waals surface area contributed by atoms with E-state index in [1.165, 1.54) is 4.90 Å². The van der Waals surface area contributed by atoms with E-state index in [4.69, 9.17) is 5.11 Å². The number of imide groups is 1. The third kappa shape index (κ3) is 2.97. The molecule has 1 aliphatic heterocycles. The number of amides is 2. The number of nitrogens with zero attached hydrogens (tertiary/aromatic N) is 1. The second-order valence-electron chi connectivity index (χ2n) is 6.98. The van der Waals surface area contributed by atoms with Crippen LogP contribution in [0, 0.1) is 23.2 Å². The first kappa shape index (κ1) is 16.0. The summed E-state index contributed by atoms with van der Waals surface area (Å²) >= 11 is 0. The molecule has 0 aromatic carbocycles. The zero-order valence-electron chi connectivity index (χ0n) is 13.1. The van der Waals surface area contributed by atoms with Crippen LogP contribution < -0.4 is 0 Å². The molecule has 2 amide bonds. The van der Waals surface area contributed by atoms with Crippen molar-refractivity contribution in [3.8, 4) is 0 Å². The van der Waals surface area contributed by atoms with E-state index in [1.54, 1.807) is 0 Å². The monoisotopic (exact) mass is 295 g/mol. The number of carboxylic acid groups (broad SMARTS) is 1. The van der Waals surface area contributed by atoms with E-state index in [1.807, 2.05) is 13.8 Å².